The third kappa shape index (κ3) is 5.60. The van der Waals surface area contributed by atoms with E-state index in [1.165, 1.54) is 0 Å². The Bertz CT molecular complexity index is 714. The molecule has 0 spiro atoms. The van der Waals surface area contributed by atoms with Crippen molar-refractivity contribution in [3.63, 3.8) is 0 Å². The Morgan fingerprint density at radius 3 is 2.46 bits per heavy atom. The zero-order valence-electron chi connectivity index (χ0n) is 14.2. The molecule has 1 aromatic carbocycles. The minimum absolute atomic E-state index is 0.250. The van der Waals surface area contributed by atoms with Crippen molar-refractivity contribution < 1.29 is 19.4 Å². The molecule has 1 N–H and O–H groups in total. The summed E-state index contributed by atoms with van der Waals surface area (Å²) in [5, 5.41) is 14.7. The Morgan fingerprint density at radius 1 is 1.33 bits per heavy atom. The molecule has 0 aliphatic heterocycles. The second kappa shape index (κ2) is 8.78. The number of rotatable bonds is 5. The second-order valence-electron chi connectivity index (χ2n) is 5.77. The Balaban J connectivity index is 0.000000891. The molecule has 0 amide bonds. The van der Waals surface area contributed by atoms with Crippen LogP contribution in [-0.4, -0.2) is 33.7 Å². The molecule has 24 heavy (non-hydrogen) atoms. The first-order valence-corrected chi connectivity index (χ1v) is 8.17. The summed E-state index contributed by atoms with van der Waals surface area (Å²) in [6.45, 7) is 6.06. The van der Waals surface area contributed by atoms with Gasteiger partial charge in [-0.25, -0.2) is 0 Å². The average molecular weight is 397 g/mol. The molecule has 0 aliphatic carbocycles. The highest BCUT2D eigenvalue weighted by Crippen LogP contribution is 2.33. The zero-order chi connectivity index (χ0) is 18.3. The third-order valence-corrected chi connectivity index (χ3v) is 3.66. The maximum absolute atomic E-state index is 10.1. The molecule has 2 rings (SSSR count). The Labute approximate surface area is 149 Å². The molecular weight excluding hydrogens is 376 g/mol. The maximum Gasteiger partial charge on any atom is 0.373 e. The van der Waals surface area contributed by atoms with Gasteiger partial charge in [0, 0.05) is 10.0 Å². The molecule has 1 heterocycles. The summed E-state index contributed by atoms with van der Waals surface area (Å²) in [4.78, 5) is 16.2. The van der Waals surface area contributed by atoms with Gasteiger partial charge in [-0.05, 0) is 44.5 Å². The zero-order valence-corrected chi connectivity index (χ0v) is 15.8. The van der Waals surface area contributed by atoms with Gasteiger partial charge >= 0.3 is 6.15 Å². The van der Waals surface area contributed by atoms with Crippen LogP contribution in [0.4, 0.5) is 0 Å². The number of benzene rings is 1. The number of halogens is 1. The van der Waals surface area contributed by atoms with Crippen LogP contribution < -0.4 is 4.74 Å². The molecule has 0 radical (unpaired) electrons. The fourth-order valence-electron chi connectivity index (χ4n) is 2.22. The van der Waals surface area contributed by atoms with Crippen molar-refractivity contribution in [2.45, 2.75) is 39.3 Å². The number of hydrogen-bond donors (Lipinski definition) is 1. The molecule has 2 aromatic rings. The van der Waals surface area contributed by atoms with Crippen molar-refractivity contribution in [2.24, 2.45) is 0 Å². The maximum atomic E-state index is 10.1. The van der Waals surface area contributed by atoms with Crippen LogP contribution >= 0.6 is 15.9 Å². The molecule has 6 nitrogen and oxygen atoms in total. The fourth-order valence-corrected chi connectivity index (χ4v) is 2.56. The van der Waals surface area contributed by atoms with E-state index in [-0.39, 0.29) is 6.15 Å². The highest BCUT2D eigenvalue weighted by molar-refractivity contribution is 9.10. The molecule has 130 valence electrons. The molecule has 1 aromatic heterocycles. The second-order valence-corrected chi connectivity index (χ2v) is 6.69. The van der Waals surface area contributed by atoms with E-state index < -0.39 is 5.60 Å². The van der Waals surface area contributed by atoms with E-state index >= 15 is 0 Å². The van der Waals surface area contributed by atoms with E-state index in [0.717, 1.165) is 33.6 Å². The average Bonchev–Trinajstić information content (AvgIpc) is 2.88. The van der Waals surface area contributed by atoms with Gasteiger partial charge in [-0.2, -0.15) is 14.7 Å². The van der Waals surface area contributed by atoms with Crippen molar-refractivity contribution in [1.82, 2.24) is 9.78 Å². The molecule has 7 heteroatoms. The predicted octanol–water partition coefficient (Wildman–Crippen LogP) is 3.07. The summed E-state index contributed by atoms with van der Waals surface area (Å²) in [5.41, 5.74) is 2.10. The molecule has 0 unspecified atom stereocenters. The van der Waals surface area contributed by atoms with Gasteiger partial charge in [0.1, 0.15) is 5.75 Å². The quantitative estimate of drug-likeness (QED) is 0.839. The number of hydrogen-bond acceptors (Lipinski definition) is 5. The van der Waals surface area contributed by atoms with Crippen molar-refractivity contribution >= 4 is 22.1 Å². The summed E-state index contributed by atoms with van der Waals surface area (Å²) in [7, 11) is 1.66. The Morgan fingerprint density at radius 2 is 1.96 bits per heavy atom. The van der Waals surface area contributed by atoms with E-state index in [1.54, 1.807) is 21.0 Å². The van der Waals surface area contributed by atoms with E-state index in [0.29, 0.717) is 6.54 Å². The highest BCUT2D eigenvalue weighted by atomic mass is 79.9. The number of methoxy groups -OCH3 is 1. The lowest BCUT2D eigenvalue weighted by atomic mass is 10.1. The number of aliphatic hydroxyl groups is 1. The van der Waals surface area contributed by atoms with Crippen molar-refractivity contribution in [3.05, 3.63) is 34.4 Å². The van der Waals surface area contributed by atoms with Crippen LogP contribution in [0.15, 0.2) is 28.7 Å². The van der Waals surface area contributed by atoms with Crippen LogP contribution in [0.5, 0.6) is 5.75 Å². The standard InChI is InChI=1S/C16H21BrN2O2.CO2/c1-5-12-9-14(19(18-12)10-16(2,3)20)13-7-6-11(17)8-15(13)21-4;2-1-3/h6-9,20H,5,10H2,1-4H3;. The molecule has 0 saturated carbocycles. The number of aromatic nitrogens is 2. The summed E-state index contributed by atoms with van der Waals surface area (Å²) < 4.78 is 8.29. The SMILES string of the molecule is CCc1cc(-c2ccc(Br)cc2OC)n(CC(C)(C)O)n1.O=C=O. The van der Waals surface area contributed by atoms with Gasteiger partial charge in [0.25, 0.3) is 0 Å². The number of aryl methyl sites for hydroxylation is 1. The van der Waals surface area contributed by atoms with E-state index in [9.17, 15) is 5.11 Å². The number of carbonyl (C=O) groups excluding carboxylic acids is 2. The number of nitrogens with zero attached hydrogens (tertiary/aromatic N) is 2. The van der Waals surface area contributed by atoms with Gasteiger partial charge in [-0.3, -0.25) is 4.68 Å². The van der Waals surface area contributed by atoms with Gasteiger partial charge < -0.3 is 9.84 Å². The van der Waals surface area contributed by atoms with Crippen molar-refractivity contribution in [2.75, 3.05) is 7.11 Å². The normalized spacial score (nSPS) is 10.6. The summed E-state index contributed by atoms with van der Waals surface area (Å²) >= 11 is 3.45. The Hall–Kier alpha value is -1.95. The molecule has 0 atom stereocenters. The number of ether oxygens (including phenoxy) is 1. The van der Waals surface area contributed by atoms with Gasteiger partial charge in [-0.15, -0.1) is 0 Å². The first kappa shape index (κ1) is 20.1. The smallest absolute Gasteiger partial charge is 0.373 e. The summed E-state index contributed by atoms with van der Waals surface area (Å²) in [5.74, 6) is 0.781. The highest BCUT2D eigenvalue weighted by Gasteiger charge is 2.20. The molecule has 0 aliphatic rings. The molecule has 0 fully saturated rings. The van der Waals surface area contributed by atoms with Gasteiger partial charge in [0.05, 0.1) is 30.6 Å². The monoisotopic (exact) mass is 396 g/mol. The van der Waals surface area contributed by atoms with Crippen LogP contribution in [0.3, 0.4) is 0 Å². The first-order valence-electron chi connectivity index (χ1n) is 7.38. The summed E-state index contributed by atoms with van der Waals surface area (Å²) in [6, 6.07) is 7.96. The first-order chi connectivity index (χ1) is 11.3. The van der Waals surface area contributed by atoms with Crippen LogP contribution in [0.2, 0.25) is 0 Å². The van der Waals surface area contributed by atoms with E-state index in [2.05, 4.69) is 34.0 Å². The molecule has 0 bridgehead atoms. The van der Waals surface area contributed by atoms with Crippen LogP contribution in [0, 0.1) is 0 Å². The van der Waals surface area contributed by atoms with E-state index in [4.69, 9.17) is 14.3 Å². The van der Waals surface area contributed by atoms with E-state index in [1.807, 2.05) is 22.9 Å². The largest absolute Gasteiger partial charge is 0.496 e. The Kier molecular flexibility index (Phi) is 7.35. The van der Waals surface area contributed by atoms with Crippen molar-refractivity contribution in [1.29, 1.82) is 0 Å². The van der Waals surface area contributed by atoms with Crippen LogP contribution in [0.25, 0.3) is 11.3 Å². The lowest BCUT2D eigenvalue weighted by molar-refractivity contribution is -0.191. The predicted molar refractivity (Wildman–Crippen MR) is 92.6 cm³/mol. The summed E-state index contributed by atoms with van der Waals surface area (Å²) in [6.07, 6.45) is 1.10. The van der Waals surface area contributed by atoms with Gasteiger partial charge in [0.2, 0.25) is 0 Å². The third-order valence-electron chi connectivity index (χ3n) is 3.17. The van der Waals surface area contributed by atoms with Gasteiger partial charge in [-0.1, -0.05) is 22.9 Å². The lowest BCUT2D eigenvalue weighted by Crippen LogP contribution is -2.27. The minimum Gasteiger partial charge on any atom is -0.496 e. The molecule has 0 saturated heterocycles. The minimum atomic E-state index is -0.825. The van der Waals surface area contributed by atoms with Gasteiger partial charge in [0.15, 0.2) is 0 Å². The topological polar surface area (TPSA) is 81.4 Å². The van der Waals surface area contributed by atoms with Crippen LogP contribution in [-0.2, 0) is 22.6 Å². The lowest BCUT2D eigenvalue weighted by Gasteiger charge is -2.19. The fraction of sp³-hybridized carbons (Fsp3) is 0.412. The van der Waals surface area contributed by atoms with Crippen molar-refractivity contribution in [3.8, 4) is 17.0 Å². The molecular formula is C17H21BrN2O4. The van der Waals surface area contributed by atoms with Crippen LogP contribution in [0.1, 0.15) is 26.5 Å².